The van der Waals surface area contributed by atoms with E-state index in [4.69, 9.17) is 0 Å². The topological polar surface area (TPSA) is 29.1 Å². The number of carbonyl (C=O) groups is 1. The van der Waals surface area contributed by atoms with Crippen molar-refractivity contribution in [2.75, 3.05) is 0 Å². The van der Waals surface area contributed by atoms with Crippen molar-refractivity contribution >= 4 is 33.2 Å². The summed E-state index contributed by atoms with van der Waals surface area (Å²) >= 11 is 4.80. The molecule has 0 saturated carbocycles. The summed E-state index contributed by atoms with van der Waals surface area (Å²) in [6.45, 7) is 6.20. The number of nitrogens with one attached hydrogen (secondary N) is 1. The van der Waals surface area contributed by atoms with E-state index in [1.165, 1.54) is 11.3 Å². The number of amides is 1. The number of rotatable bonds is 3. The van der Waals surface area contributed by atoms with Crippen molar-refractivity contribution in [2.24, 2.45) is 5.92 Å². The average Bonchev–Trinajstić information content (AvgIpc) is 2.51. The maximum Gasteiger partial charge on any atom is 0.262 e. The van der Waals surface area contributed by atoms with Crippen LogP contribution in [0.5, 0.6) is 0 Å². The molecule has 2 nitrogen and oxygen atoms in total. The molecule has 1 atom stereocenters. The van der Waals surface area contributed by atoms with Crippen molar-refractivity contribution in [3.8, 4) is 0 Å². The molecule has 0 fully saturated rings. The van der Waals surface area contributed by atoms with Gasteiger partial charge in [-0.25, -0.2) is 0 Å². The molecule has 1 aromatic rings. The van der Waals surface area contributed by atoms with E-state index in [0.29, 0.717) is 5.92 Å². The van der Waals surface area contributed by atoms with Gasteiger partial charge in [0, 0.05) is 10.5 Å². The Balaban J connectivity index is 2.64. The first-order valence-corrected chi connectivity index (χ1v) is 6.23. The molecule has 14 heavy (non-hydrogen) atoms. The van der Waals surface area contributed by atoms with Gasteiger partial charge in [-0.1, -0.05) is 13.8 Å². The van der Waals surface area contributed by atoms with Crippen LogP contribution in [0.3, 0.4) is 0 Å². The Kier molecular flexibility index (Phi) is 4.13. The fourth-order valence-corrected chi connectivity index (χ4v) is 2.35. The molecule has 4 heteroatoms. The molecule has 1 aromatic heterocycles. The Morgan fingerprint density at radius 2 is 2.14 bits per heavy atom. The molecular weight excluding hydrogens is 262 g/mol. The SMILES string of the molecule is CC(C)C(C)NC(=O)c1sccc1Br. The van der Waals surface area contributed by atoms with Crippen molar-refractivity contribution in [3.05, 3.63) is 20.8 Å². The molecular formula is C10H14BrNOS. The van der Waals surface area contributed by atoms with Crippen LogP contribution in [0.25, 0.3) is 0 Å². The van der Waals surface area contributed by atoms with Gasteiger partial charge in [0.05, 0.1) is 0 Å². The molecule has 78 valence electrons. The summed E-state index contributed by atoms with van der Waals surface area (Å²) in [6, 6.07) is 2.09. The second kappa shape index (κ2) is 4.94. The highest BCUT2D eigenvalue weighted by Crippen LogP contribution is 2.22. The molecule has 0 saturated heterocycles. The Bertz CT molecular complexity index is 322. The Morgan fingerprint density at radius 1 is 1.50 bits per heavy atom. The Hall–Kier alpha value is -0.350. The standard InChI is InChI=1S/C10H14BrNOS/c1-6(2)7(3)12-10(13)9-8(11)4-5-14-9/h4-7H,1-3H3,(H,12,13). The van der Waals surface area contributed by atoms with Crippen LogP contribution in [0, 0.1) is 5.92 Å². The first-order valence-electron chi connectivity index (χ1n) is 4.56. The lowest BCUT2D eigenvalue weighted by Crippen LogP contribution is -2.35. The summed E-state index contributed by atoms with van der Waals surface area (Å²) in [5.74, 6) is 0.464. The van der Waals surface area contributed by atoms with Crippen molar-refractivity contribution in [3.63, 3.8) is 0 Å². The van der Waals surface area contributed by atoms with E-state index in [0.717, 1.165) is 9.35 Å². The number of carbonyl (C=O) groups excluding carboxylic acids is 1. The third kappa shape index (κ3) is 2.82. The fraction of sp³-hybridized carbons (Fsp3) is 0.500. The zero-order valence-electron chi connectivity index (χ0n) is 8.50. The van der Waals surface area contributed by atoms with Gasteiger partial charge in [-0.2, -0.15) is 0 Å². The summed E-state index contributed by atoms with van der Waals surface area (Å²) in [5, 5.41) is 4.87. The predicted octanol–water partition coefficient (Wildman–Crippen LogP) is 3.28. The molecule has 0 aliphatic carbocycles. The highest BCUT2D eigenvalue weighted by molar-refractivity contribution is 9.10. The van der Waals surface area contributed by atoms with Crippen LogP contribution in [0.1, 0.15) is 30.4 Å². The van der Waals surface area contributed by atoms with Crippen molar-refractivity contribution < 1.29 is 4.79 Å². The lowest BCUT2D eigenvalue weighted by Gasteiger charge is -2.16. The van der Waals surface area contributed by atoms with Gasteiger partial charge in [0.2, 0.25) is 0 Å². The summed E-state index contributed by atoms with van der Waals surface area (Å²) in [7, 11) is 0. The Labute approximate surface area is 96.8 Å². The lowest BCUT2D eigenvalue weighted by molar-refractivity contribution is 0.0934. The molecule has 0 bridgehead atoms. The van der Waals surface area contributed by atoms with Gasteiger partial charge >= 0.3 is 0 Å². The summed E-state index contributed by atoms with van der Waals surface area (Å²) in [4.78, 5) is 12.5. The third-order valence-corrected chi connectivity index (χ3v) is 4.02. The molecule has 0 aliphatic rings. The second-order valence-corrected chi connectivity index (χ2v) is 5.37. The molecule has 0 spiro atoms. The maximum atomic E-state index is 11.7. The van der Waals surface area contributed by atoms with Crippen molar-refractivity contribution in [1.29, 1.82) is 0 Å². The molecule has 1 rings (SSSR count). The number of halogens is 1. The van der Waals surface area contributed by atoms with Gasteiger partial charge in [0.25, 0.3) is 5.91 Å². The van der Waals surface area contributed by atoms with Crippen LogP contribution in [-0.4, -0.2) is 11.9 Å². The lowest BCUT2D eigenvalue weighted by atomic mass is 10.1. The molecule has 0 aliphatic heterocycles. The van der Waals surface area contributed by atoms with Gasteiger partial charge < -0.3 is 5.32 Å². The highest BCUT2D eigenvalue weighted by Gasteiger charge is 2.15. The first kappa shape index (κ1) is 11.7. The largest absolute Gasteiger partial charge is 0.349 e. The van der Waals surface area contributed by atoms with E-state index in [1.807, 2.05) is 18.4 Å². The van der Waals surface area contributed by atoms with Crippen LogP contribution in [0.15, 0.2) is 15.9 Å². The first-order chi connectivity index (χ1) is 6.52. The van der Waals surface area contributed by atoms with Crippen LogP contribution < -0.4 is 5.32 Å². The van der Waals surface area contributed by atoms with Crippen molar-refractivity contribution in [1.82, 2.24) is 5.32 Å². The van der Waals surface area contributed by atoms with E-state index >= 15 is 0 Å². The van der Waals surface area contributed by atoms with E-state index < -0.39 is 0 Å². The minimum absolute atomic E-state index is 0.00748. The molecule has 1 amide bonds. The van der Waals surface area contributed by atoms with Gasteiger partial charge in [-0.3, -0.25) is 4.79 Å². The normalized spacial score (nSPS) is 12.9. The van der Waals surface area contributed by atoms with E-state index in [-0.39, 0.29) is 11.9 Å². The number of hydrogen-bond donors (Lipinski definition) is 1. The molecule has 1 unspecified atom stereocenters. The minimum Gasteiger partial charge on any atom is -0.349 e. The van der Waals surface area contributed by atoms with Crippen LogP contribution in [0.2, 0.25) is 0 Å². The average molecular weight is 276 g/mol. The molecule has 0 aromatic carbocycles. The van der Waals surface area contributed by atoms with Gasteiger partial charge in [-0.15, -0.1) is 11.3 Å². The van der Waals surface area contributed by atoms with Gasteiger partial charge in [-0.05, 0) is 40.2 Å². The highest BCUT2D eigenvalue weighted by atomic mass is 79.9. The zero-order chi connectivity index (χ0) is 10.7. The summed E-state index contributed by atoms with van der Waals surface area (Å²) < 4.78 is 0.871. The Morgan fingerprint density at radius 3 is 2.57 bits per heavy atom. The van der Waals surface area contributed by atoms with Crippen LogP contribution in [0.4, 0.5) is 0 Å². The summed E-state index contributed by atoms with van der Waals surface area (Å²) in [5.41, 5.74) is 0. The van der Waals surface area contributed by atoms with Gasteiger partial charge in [0.1, 0.15) is 4.88 Å². The van der Waals surface area contributed by atoms with Crippen molar-refractivity contribution in [2.45, 2.75) is 26.8 Å². The van der Waals surface area contributed by atoms with Crippen LogP contribution in [-0.2, 0) is 0 Å². The molecule has 1 N–H and O–H groups in total. The molecule has 0 radical (unpaired) electrons. The monoisotopic (exact) mass is 275 g/mol. The van der Waals surface area contributed by atoms with E-state index in [2.05, 4.69) is 35.1 Å². The quantitative estimate of drug-likeness (QED) is 0.901. The minimum atomic E-state index is 0.00748. The van der Waals surface area contributed by atoms with E-state index in [9.17, 15) is 4.79 Å². The van der Waals surface area contributed by atoms with Gasteiger partial charge in [0.15, 0.2) is 0 Å². The smallest absolute Gasteiger partial charge is 0.262 e. The summed E-state index contributed by atoms with van der Waals surface area (Å²) in [6.07, 6.45) is 0. The predicted molar refractivity (Wildman–Crippen MR) is 63.8 cm³/mol. The third-order valence-electron chi connectivity index (χ3n) is 2.18. The molecule has 1 heterocycles. The maximum absolute atomic E-state index is 11.7. The second-order valence-electron chi connectivity index (χ2n) is 3.60. The van der Waals surface area contributed by atoms with Crippen LogP contribution >= 0.6 is 27.3 Å². The van der Waals surface area contributed by atoms with E-state index in [1.54, 1.807) is 0 Å². The number of thiophene rings is 1. The number of hydrogen-bond acceptors (Lipinski definition) is 2. The fourth-order valence-electron chi connectivity index (χ4n) is 0.895. The zero-order valence-corrected chi connectivity index (χ0v) is 10.9.